The van der Waals surface area contributed by atoms with Crippen molar-refractivity contribution in [3.63, 3.8) is 0 Å². The van der Waals surface area contributed by atoms with E-state index in [9.17, 15) is 9.59 Å². The maximum atomic E-state index is 12.6. The molecule has 1 aromatic carbocycles. The molecule has 0 radical (unpaired) electrons. The van der Waals surface area contributed by atoms with Crippen LogP contribution in [-0.2, 0) is 11.3 Å². The molecule has 152 valence electrons. The number of para-hydroxylation sites is 1. The molecule has 1 aliphatic heterocycles. The van der Waals surface area contributed by atoms with Gasteiger partial charge in [-0.1, -0.05) is 25.5 Å². The number of likely N-dealkylation sites (tertiary alicyclic amines) is 1. The summed E-state index contributed by atoms with van der Waals surface area (Å²) in [6.07, 6.45) is 5.49. The molecule has 7 heteroatoms. The summed E-state index contributed by atoms with van der Waals surface area (Å²) >= 11 is 5.33. The molecular formula is C21H30N4O2S. The van der Waals surface area contributed by atoms with E-state index in [2.05, 4.69) is 22.1 Å². The average Bonchev–Trinajstić information content (AvgIpc) is 3.16. The minimum Gasteiger partial charge on any atom is -0.355 e. The number of unbranched alkanes of at least 4 members (excludes halogenated alkanes) is 2. The fourth-order valence-corrected chi connectivity index (χ4v) is 4.28. The van der Waals surface area contributed by atoms with Gasteiger partial charge < -0.3 is 10.3 Å². The van der Waals surface area contributed by atoms with Gasteiger partial charge >= 0.3 is 0 Å². The number of rotatable bonds is 9. The van der Waals surface area contributed by atoms with E-state index in [4.69, 9.17) is 12.2 Å². The topological polar surface area (TPSA) is 70.1 Å². The second-order valence-electron chi connectivity index (χ2n) is 7.47. The predicted octanol–water partition coefficient (Wildman–Crippen LogP) is 3.22. The van der Waals surface area contributed by atoms with E-state index in [0.717, 1.165) is 44.4 Å². The van der Waals surface area contributed by atoms with Gasteiger partial charge in [0.25, 0.3) is 5.56 Å². The van der Waals surface area contributed by atoms with Crippen molar-refractivity contribution in [2.45, 2.75) is 58.0 Å². The molecule has 28 heavy (non-hydrogen) atoms. The summed E-state index contributed by atoms with van der Waals surface area (Å²) < 4.78 is 2.08. The van der Waals surface area contributed by atoms with E-state index in [-0.39, 0.29) is 11.5 Å². The van der Waals surface area contributed by atoms with E-state index < -0.39 is 0 Å². The smallest absolute Gasteiger partial charge is 0.262 e. The number of nitrogens with one attached hydrogen (secondary N) is 2. The molecule has 0 spiro atoms. The van der Waals surface area contributed by atoms with E-state index in [0.29, 0.717) is 29.2 Å². The quantitative estimate of drug-likeness (QED) is 0.499. The Bertz CT molecular complexity index is 920. The van der Waals surface area contributed by atoms with Gasteiger partial charge in [0.2, 0.25) is 5.91 Å². The zero-order valence-corrected chi connectivity index (χ0v) is 17.4. The number of fused-ring (bicyclic) bond motifs is 1. The largest absolute Gasteiger partial charge is 0.355 e. The van der Waals surface area contributed by atoms with Crippen LogP contribution in [0.3, 0.4) is 0 Å². The predicted molar refractivity (Wildman–Crippen MR) is 115 cm³/mol. The van der Waals surface area contributed by atoms with Crippen LogP contribution < -0.4 is 10.9 Å². The normalized spacial score (nSPS) is 17.2. The monoisotopic (exact) mass is 402 g/mol. The van der Waals surface area contributed by atoms with Gasteiger partial charge in [-0.3, -0.25) is 19.1 Å². The van der Waals surface area contributed by atoms with Crippen LogP contribution in [0.5, 0.6) is 0 Å². The van der Waals surface area contributed by atoms with Crippen molar-refractivity contribution in [2.24, 2.45) is 0 Å². The molecule has 2 N–H and O–H groups in total. The third-order valence-corrected chi connectivity index (χ3v) is 5.94. The number of likely N-dealkylation sites (N-methyl/N-ethyl adjacent to an activating group) is 1. The summed E-state index contributed by atoms with van der Waals surface area (Å²) in [6.45, 7) is 5.71. The molecule has 0 bridgehead atoms. The first kappa shape index (κ1) is 20.7. The van der Waals surface area contributed by atoms with Gasteiger partial charge in [-0.25, -0.2) is 0 Å². The van der Waals surface area contributed by atoms with E-state index >= 15 is 0 Å². The molecule has 1 atom stereocenters. The Kier molecular flexibility index (Phi) is 7.39. The van der Waals surface area contributed by atoms with Gasteiger partial charge in [0, 0.05) is 25.6 Å². The van der Waals surface area contributed by atoms with E-state index in [1.165, 1.54) is 12.8 Å². The highest BCUT2D eigenvalue weighted by atomic mass is 32.1. The first-order chi connectivity index (χ1) is 13.6. The molecule has 0 aliphatic carbocycles. The highest BCUT2D eigenvalue weighted by molar-refractivity contribution is 7.71. The highest BCUT2D eigenvalue weighted by Gasteiger charge is 2.22. The van der Waals surface area contributed by atoms with Crippen LogP contribution in [0.2, 0.25) is 0 Å². The summed E-state index contributed by atoms with van der Waals surface area (Å²) in [5.41, 5.74) is 0.725. The van der Waals surface area contributed by atoms with Crippen LogP contribution in [-0.4, -0.2) is 46.0 Å². The molecule has 6 nitrogen and oxygen atoms in total. The minimum absolute atomic E-state index is 0.0471. The van der Waals surface area contributed by atoms with E-state index in [1.54, 1.807) is 4.57 Å². The Morgan fingerprint density at radius 2 is 2.11 bits per heavy atom. The van der Waals surface area contributed by atoms with Crippen LogP contribution >= 0.6 is 12.2 Å². The number of carbonyl (C=O) groups excluding carboxylic acids is 1. The van der Waals surface area contributed by atoms with Crippen LogP contribution in [0.15, 0.2) is 29.1 Å². The number of amides is 1. The third kappa shape index (κ3) is 5.08. The van der Waals surface area contributed by atoms with Crippen molar-refractivity contribution in [2.75, 3.05) is 19.6 Å². The summed E-state index contributed by atoms with van der Waals surface area (Å²) in [4.78, 5) is 30.2. The van der Waals surface area contributed by atoms with Gasteiger partial charge in [0.1, 0.15) is 0 Å². The molecule has 0 unspecified atom stereocenters. The molecule has 1 aliphatic rings. The molecule has 0 saturated carbocycles. The minimum atomic E-state index is -0.0471. The third-order valence-electron chi connectivity index (χ3n) is 5.62. The lowest BCUT2D eigenvalue weighted by molar-refractivity contribution is -0.121. The van der Waals surface area contributed by atoms with Gasteiger partial charge in [-0.05, 0) is 63.1 Å². The molecule has 1 aromatic heterocycles. The Morgan fingerprint density at radius 1 is 1.29 bits per heavy atom. The first-order valence-corrected chi connectivity index (χ1v) is 10.7. The summed E-state index contributed by atoms with van der Waals surface area (Å²) in [6, 6.07) is 7.91. The summed E-state index contributed by atoms with van der Waals surface area (Å²) in [5, 5.41) is 3.73. The van der Waals surface area contributed by atoms with Crippen molar-refractivity contribution in [1.82, 2.24) is 19.8 Å². The second kappa shape index (κ2) is 9.98. The lowest BCUT2D eigenvalue weighted by Crippen LogP contribution is -2.39. The average molecular weight is 403 g/mol. The van der Waals surface area contributed by atoms with Crippen molar-refractivity contribution in [3.05, 3.63) is 39.4 Å². The Hall–Kier alpha value is -1.99. The lowest BCUT2D eigenvalue weighted by Gasteiger charge is -2.22. The second-order valence-corrected chi connectivity index (χ2v) is 7.86. The summed E-state index contributed by atoms with van der Waals surface area (Å²) in [5.74, 6) is 0.128. The van der Waals surface area contributed by atoms with Crippen molar-refractivity contribution in [3.8, 4) is 0 Å². The van der Waals surface area contributed by atoms with Crippen molar-refractivity contribution < 1.29 is 4.79 Å². The van der Waals surface area contributed by atoms with Crippen LogP contribution in [0.4, 0.5) is 0 Å². The Labute approximate surface area is 170 Å². The maximum absolute atomic E-state index is 12.6. The molecule has 2 heterocycles. The highest BCUT2D eigenvalue weighted by Crippen LogP contribution is 2.15. The Morgan fingerprint density at radius 3 is 2.93 bits per heavy atom. The number of hydrogen-bond acceptors (Lipinski definition) is 4. The fourth-order valence-electron chi connectivity index (χ4n) is 4.00. The zero-order valence-electron chi connectivity index (χ0n) is 16.6. The number of hydrogen-bond donors (Lipinski definition) is 2. The standard InChI is InChI=1S/C21H30N4O2S/c1-2-24-13-8-9-16(24)15-22-19(26)12-4-3-7-14-25-20(27)17-10-5-6-11-18(17)23-21(25)28/h5-6,10-11,16H,2-4,7-9,12-15H2,1H3,(H,22,26)(H,23,28)/t16-/m0/s1. The van der Waals surface area contributed by atoms with Crippen molar-refractivity contribution in [1.29, 1.82) is 0 Å². The van der Waals surface area contributed by atoms with Gasteiger partial charge in [-0.2, -0.15) is 0 Å². The first-order valence-electron chi connectivity index (χ1n) is 10.3. The van der Waals surface area contributed by atoms with Gasteiger partial charge in [0.15, 0.2) is 4.77 Å². The zero-order chi connectivity index (χ0) is 19.9. The number of carbonyl (C=O) groups is 1. The number of aromatic amines is 1. The van der Waals surface area contributed by atoms with Crippen molar-refractivity contribution >= 4 is 29.0 Å². The number of nitrogens with zero attached hydrogens (tertiary/aromatic N) is 2. The number of benzene rings is 1. The number of aromatic nitrogens is 2. The molecule has 3 rings (SSSR count). The van der Waals surface area contributed by atoms with Crippen LogP contribution in [0.1, 0.15) is 45.4 Å². The van der Waals surface area contributed by atoms with Gasteiger partial charge in [0.05, 0.1) is 10.9 Å². The van der Waals surface area contributed by atoms with Crippen LogP contribution in [0.25, 0.3) is 10.9 Å². The molecular weight excluding hydrogens is 372 g/mol. The molecule has 1 saturated heterocycles. The summed E-state index contributed by atoms with van der Waals surface area (Å²) in [7, 11) is 0. The molecule has 2 aromatic rings. The molecule has 1 amide bonds. The molecule has 1 fully saturated rings. The van der Waals surface area contributed by atoms with Gasteiger partial charge in [-0.15, -0.1) is 0 Å². The fraction of sp³-hybridized carbons (Fsp3) is 0.571. The van der Waals surface area contributed by atoms with E-state index in [1.807, 2.05) is 24.3 Å². The number of H-pyrrole nitrogens is 1. The van der Waals surface area contributed by atoms with Crippen LogP contribution in [0, 0.1) is 4.77 Å². The SMILES string of the molecule is CCN1CCC[C@H]1CNC(=O)CCCCCn1c(=S)[nH]c2ccccc2c1=O. The maximum Gasteiger partial charge on any atom is 0.262 e. The Balaban J connectivity index is 1.40. The lowest BCUT2D eigenvalue weighted by atomic mass is 10.1.